The van der Waals surface area contributed by atoms with Crippen molar-refractivity contribution in [3.63, 3.8) is 0 Å². The van der Waals surface area contributed by atoms with Crippen LogP contribution in [-0.2, 0) is 14.8 Å². The molecular formula is C43H63NO2Si. The second-order valence-electron chi connectivity index (χ2n) is 14.7. The molecule has 1 unspecified atom stereocenters. The number of rotatable bonds is 22. The molecule has 47 heavy (non-hydrogen) atoms. The first-order valence-corrected chi connectivity index (χ1v) is 21.3. The van der Waals surface area contributed by atoms with E-state index in [1.165, 1.54) is 64.2 Å². The van der Waals surface area contributed by atoms with E-state index in [0.717, 1.165) is 29.5 Å². The minimum Gasteiger partial charge on any atom is -0.415 e. The maximum atomic E-state index is 14.2. The summed E-state index contributed by atoms with van der Waals surface area (Å²) in [7, 11) is -2.11. The van der Waals surface area contributed by atoms with Crippen molar-refractivity contribution in [3.05, 3.63) is 120 Å². The van der Waals surface area contributed by atoms with Gasteiger partial charge in [-0.3, -0.25) is 10.1 Å². The zero-order valence-corrected chi connectivity index (χ0v) is 31.4. The average Bonchev–Trinajstić information content (AvgIpc) is 3.07. The predicted molar refractivity (Wildman–Crippen MR) is 205 cm³/mol. The second kappa shape index (κ2) is 19.9. The highest BCUT2D eigenvalue weighted by Gasteiger charge is 2.42. The monoisotopic (exact) mass is 653 g/mol. The summed E-state index contributed by atoms with van der Waals surface area (Å²) < 4.78 is 6.77. The minimum atomic E-state index is -2.11. The van der Waals surface area contributed by atoms with Crippen LogP contribution in [0, 0.1) is 0 Å². The van der Waals surface area contributed by atoms with Gasteiger partial charge in [0.05, 0.1) is 18.2 Å². The number of hydrogen-bond donors (Lipinski definition) is 1. The molecule has 3 aromatic carbocycles. The number of nitrogens with one attached hydrogen (secondary N) is 1. The van der Waals surface area contributed by atoms with Crippen LogP contribution in [0.15, 0.2) is 103 Å². The highest BCUT2D eigenvalue weighted by molar-refractivity contribution is 6.74. The number of unbranched alkanes of at least 4 members (excludes halogenated alkanes) is 11. The number of hydrogen-bond acceptors (Lipinski definition) is 3. The van der Waals surface area contributed by atoms with Gasteiger partial charge in [0.2, 0.25) is 0 Å². The molecule has 0 aliphatic rings. The summed E-state index contributed by atoms with van der Waals surface area (Å²) in [5, 5.41) is 3.98. The minimum absolute atomic E-state index is 0.0425. The van der Waals surface area contributed by atoms with Crippen LogP contribution in [0.2, 0.25) is 18.1 Å². The normalized spacial score (nSPS) is 13.2. The van der Waals surface area contributed by atoms with Gasteiger partial charge < -0.3 is 4.43 Å². The fraction of sp³-hybridized carbons (Fsp3) is 0.512. The molecule has 0 fully saturated rings. The van der Waals surface area contributed by atoms with Crippen molar-refractivity contribution >= 4 is 14.1 Å². The fourth-order valence-corrected chi connectivity index (χ4v) is 7.04. The number of ketones is 1. The Morgan fingerprint density at radius 3 is 1.49 bits per heavy atom. The molecule has 0 saturated heterocycles. The molecule has 0 amide bonds. The van der Waals surface area contributed by atoms with Crippen LogP contribution in [0.25, 0.3) is 0 Å². The number of carbonyl (C=O) groups excluding carboxylic acids is 1. The van der Waals surface area contributed by atoms with E-state index in [2.05, 4.69) is 125 Å². The summed E-state index contributed by atoms with van der Waals surface area (Å²) in [5.41, 5.74) is 2.53. The third-order valence-corrected chi connectivity index (χ3v) is 14.5. The lowest BCUT2D eigenvalue weighted by atomic mass is 9.76. The second-order valence-corrected chi connectivity index (χ2v) is 19.6. The molecule has 1 N–H and O–H groups in total. The zero-order valence-electron chi connectivity index (χ0n) is 30.4. The highest BCUT2D eigenvalue weighted by atomic mass is 28.4. The maximum absolute atomic E-state index is 14.2. The fourth-order valence-electron chi connectivity index (χ4n) is 6.02. The first-order valence-electron chi connectivity index (χ1n) is 18.4. The van der Waals surface area contributed by atoms with Crippen LogP contribution in [0.1, 0.15) is 121 Å². The van der Waals surface area contributed by atoms with Crippen LogP contribution in [-0.4, -0.2) is 26.7 Å². The van der Waals surface area contributed by atoms with Gasteiger partial charge in [-0.05, 0) is 53.7 Å². The third kappa shape index (κ3) is 12.0. The number of allylic oxidation sites excluding steroid dienone is 1. The predicted octanol–water partition coefficient (Wildman–Crippen LogP) is 11.8. The molecule has 1 atom stereocenters. The van der Waals surface area contributed by atoms with Gasteiger partial charge in [-0.25, -0.2) is 0 Å². The van der Waals surface area contributed by atoms with Crippen LogP contribution in [0.4, 0.5) is 0 Å². The van der Waals surface area contributed by atoms with E-state index >= 15 is 0 Å². The highest BCUT2D eigenvalue weighted by Crippen LogP contribution is 2.39. The Balaban J connectivity index is 1.79. The van der Waals surface area contributed by atoms with E-state index < -0.39 is 19.9 Å². The van der Waals surface area contributed by atoms with E-state index in [9.17, 15) is 4.79 Å². The smallest absolute Gasteiger partial charge is 0.192 e. The topological polar surface area (TPSA) is 38.3 Å². The lowest BCUT2D eigenvalue weighted by molar-refractivity contribution is -0.117. The molecule has 3 nitrogen and oxygen atoms in total. The van der Waals surface area contributed by atoms with Crippen molar-refractivity contribution in [1.82, 2.24) is 5.32 Å². The SMILES string of the molecule is CCCCCCCCCCCCCC=CC(=O)C(CO[Si](C)(C)C(C)(C)C)NC(c1ccccc1)(c1ccccc1)c1ccccc1. The van der Waals surface area contributed by atoms with Crippen molar-refractivity contribution in [1.29, 1.82) is 0 Å². The van der Waals surface area contributed by atoms with Crippen LogP contribution >= 0.6 is 0 Å². The zero-order chi connectivity index (χ0) is 34.0. The van der Waals surface area contributed by atoms with Crippen molar-refractivity contribution in [2.45, 2.75) is 134 Å². The van der Waals surface area contributed by atoms with Gasteiger partial charge in [-0.15, -0.1) is 0 Å². The van der Waals surface area contributed by atoms with Gasteiger partial charge in [-0.1, -0.05) is 189 Å². The first-order chi connectivity index (χ1) is 22.6. The van der Waals surface area contributed by atoms with Crippen LogP contribution in [0.3, 0.4) is 0 Å². The Hall–Kier alpha value is -2.79. The van der Waals surface area contributed by atoms with Crippen molar-refractivity contribution in [2.24, 2.45) is 0 Å². The Kier molecular flexibility index (Phi) is 16.4. The Morgan fingerprint density at radius 1 is 0.681 bits per heavy atom. The van der Waals surface area contributed by atoms with Crippen molar-refractivity contribution in [3.8, 4) is 0 Å². The van der Waals surface area contributed by atoms with Gasteiger partial charge in [0.1, 0.15) is 0 Å². The van der Waals surface area contributed by atoms with E-state index in [1.807, 2.05) is 24.3 Å². The molecule has 0 heterocycles. The molecular weight excluding hydrogens is 591 g/mol. The van der Waals surface area contributed by atoms with Crippen LogP contribution < -0.4 is 5.32 Å². The molecule has 0 radical (unpaired) electrons. The summed E-state index contributed by atoms with van der Waals surface area (Å²) in [5.74, 6) is 0.0685. The molecule has 0 aromatic heterocycles. The van der Waals surface area contributed by atoms with E-state index in [1.54, 1.807) is 0 Å². The lowest BCUT2D eigenvalue weighted by Gasteiger charge is -2.41. The number of carbonyl (C=O) groups is 1. The van der Waals surface area contributed by atoms with E-state index in [4.69, 9.17) is 4.43 Å². The Bertz CT molecular complexity index is 1200. The number of benzene rings is 3. The molecule has 3 rings (SSSR count). The van der Waals surface area contributed by atoms with Gasteiger partial charge >= 0.3 is 0 Å². The average molecular weight is 654 g/mol. The quantitative estimate of drug-likeness (QED) is 0.0507. The summed E-state index contributed by atoms with van der Waals surface area (Å²) in [4.78, 5) is 14.2. The molecule has 0 aliphatic heterocycles. The van der Waals surface area contributed by atoms with Crippen molar-refractivity contribution in [2.75, 3.05) is 6.61 Å². The van der Waals surface area contributed by atoms with Crippen LogP contribution in [0.5, 0.6) is 0 Å². The largest absolute Gasteiger partial charge is 0.415 e. The molecule has 256 valence electrons. The Labute approximate surface area is 288 Å². The first kappa shape index (κ1) is 38.7. The molecule has 0 spiro atoms. The van der Waals surface area contributed by atoms with E-state index in [-0.39, 0.29) is 10.8 Å². The molecule has 4 heteroatoms. The summed E-state index contributed by atoms with van der Waals surface area (Å²) in [6, 6.07) is 31.0. The summed E-state index contributed by atoms with van der Waals surface area (Å²) in [6.45, 7) is 13.9. The maximum Gasteiger partial charge on any atom is 0.192 e. The standard InChI is InChI=1S/C43H63NO2Si/c1-7-8-9-10-11-12-13-14-15-16-17-18-28-35-41(45)40(36-46-47(5,6)42(2,3)4)44-43(37-29-22-19-23-30-37,38-31-24-20-25-32-38)39-33-26-21-27-34-39/h19-35,40,44H,7-18,36H2,1-6H3. The Morgan fingerprint density at radius 2 is 1.09 bits per heavy atom. The van der Waals surface area contributed by atoms with E-state index in [0.29, 0.717) is 6.61 Å². The van der Waals surface area contributed by atoms with Gasteiger partial charge in [0, 0.05) is 0 Å². The molecule has 0 aliphatic carbocycles. The molecule has 0 bridgehead atoms. The van der Waals surface area contributed by atoms with Gasteiger partial charge in [0.15, 0.2) is 14.1 Å². The van der Waals surface area contributed by atoms with Crippen molar-refractivity contribution < 1.29 is 9.22 Å². The lowest BCUT2D eigenvalue weighted by Crippen LogP contribution is -2.55. The summed E-state index contributed by atoms with van der Waals surface area (Å²) in [6.07, 6.45) is 19.4. The van der Waals surface area contributed by atoms with Gasteiger partial charge in [-0.2, -0.15) is 0 Å². The summed E-state index contributed by atoms with van der Waals surface area (Å²) >= 11 is 0. The van der Waals surface area contributed by atoms with Gasteiger partial charge in [0.25, 0.3) is 0 Å². The molecule has 0 saturated carbocycles. The third-order valence-electron chi connectivity index (χ3n) is 10.0. The molecule has 3 aromatic rings.